The zero-order valence-electron chi connectivity index (χ0n) is 9.95. The second kappa shape index (κ2) is 5.85. The highest BCUT2D eigenvalue weighted by Crippen LogP contribution is 2.32. The van der Waals surface area contributed by atoms with Gasteiger partial charge in [-0.05, 0) is 18.6 Å². The predicted molar refractivity (Wildman–Crippen MR) is 62.0 cm³/mol. The molecule has 0 amide bonds. The quantitative estimate of drug-likeness (QED) is 0.615. The number of nitro groups is 1. The molecular weight excluding hydrogens is 242 g/mol. The molecule has 1 unspecified atom stereocenters. The second-order valence-electron chi connectivity index (χ2n) is 3.44. The van der Waals surface area contributed by atoms with Crippen LogP contribution in [0.25, 0.3) is 0 Å². The molecule has 0 aliphatic heterocycles. The molecule has 0 aliphatic rings. The largest absolute Gasteiger partial charge is 0.496 e. The van der Waals surface area contributed by atoms with Crippen molar-refractivity contribution in [1.82, 2.24) is 0 Å². The molecule has 0 spiro atoms. The molecule has 0 radical (unpaired) electrons. The minimum absolute atomic E-state index is 0.0879. The Balaban J connectivity index is 3.08. The molecule has 0 saturated heterocycles. The van der Waals surface area contributed by atoms with Gasteiger partial charge in [-0.3, -0.25) is 10.1 Å². The van der Waals surface area contributed by atoms with E-state index in [0.717, 1.165) is 0 Å². The number of methoxy groups -OCH3 is 1. The lowest BCUT2D eigenvalue weighted by Gasteiger charge is -2.13. The van der Waals surface area contributed by atoms with Crippen molar-refractivity contribution in [2.75, 3.05) is 7.11 Å². The topological polar surface area (TPSA) is 98.9 Å². The first-order valence-corrected chi connectivity index (χ1v) is 5.21. The first-order chi connectivity index (χ1) is 8.49. The van der Waals surface area contributed by atoms with E-state index in [1.165, 1.54) is 25.3 Å². The molecule has 0 aliphatic carbocycles. The van der Waals surface area contributed by atoms with Crippen LogP contribution >= 0.6 is 0 Å². The van der Waals surface area contributed by atoms with Crippen molar-refractivity contribution in [3.63, 3.8) is 0 Å². The summed E-state index contributed by atoms with van der Waals surface area (Å²) in [6.45, 7) is 1.62. The van der Waals surface area contributed by atoms with Crippen LogP contribution in [0.5, 0.6) is 11.5 Å². The fourth-order valence-electron chi connectivity index (χ4n) is 1.33. The Morgan fingerprint density at radius 1 is 1.56 bits per heavy atom. The minimum atomic E-state index is -1.16. The van der Waals surface area contributed by atoms with Gasteiger partial charge in [-0.25, -0.2) is 4.79 Å². The van der Waals surface area contributed by atoms with Crippen molar-refractivity contribution in [1.29, 1.82) is 0 Å². The third-order valence-electron chi connectivity index (χ3n) is 2.28. The average Bonchev–Trinajstić information content (AvgIpc) is 2.35. The molecule has 98 valence electrons. The lowest BCUT2D eigenvalue weighted by Crippen LogP contribution is -2.26. The van der Waals surface area contributed by atoms with Crippen LogP contribution in [0.4, 0.5) is 5.69 Å². The smallest absolute Gasteiger partial charge is 0.344 e. The van der Waals surface area contributed by atoms with Gasteiger partial charge in [0, 0.05) is 0 Å². The van der Waals surface area contributed by atoms with E-state index in [1.807, 2.05) is 0 Å². The molecule has 1 rings (SSSR count). The highest BCUT2D eigenvalue weighted by atomic mass is 16.6. The van der Waals surface area contributed by atoms with Gasteiger partial charge in [0.05, 0.1) is 18.1 Å². The van der Waals surface area contributed by atoms with Gasteiger partial charge in [-0.1, -0.05) is 6.92 Å². The first-order valence-electron chi connectivity index (χ1n) is 5.21. The fourth-order valence-corrected chi connectivity index (χ4v) is 1.33. The molecule has 7 nitrogen and oxygen atoms in total. The van der Waals surface area contributed by atoms with Crippen molar-refractivity contribution in [2.45, 2.75) is 19.4 Å². The molecule has 0 aromatic heterocycles. The van der Waals surface area contributed by atoms with E-state index < -0.39 is 17.0 Å². The van der Waals surface area contributed by atoms with Crippen LogP contribution in [0, 0.1) is 10.1 Å². The Bertz CT molecular complexity index is 459. The van der Waals surface area contributed by atoms with Crippen LogP contribution in [0.1, 0.15) is 13.3 Å². The molecule has 1 atom stereocenters. The third kappa shape index (κ3) is 3.09. The number of carboxylic acid groups (broad SMARTS) is 1. The summed E-state index contributed by atoms with van der Waals surface area (Å²) in [7, 11) is 1.38. The standard InChI is InChI=1S/C11H13NO6/c1-3-9(11(13)14)18-10-5-4-7(17-2)6-8(10)12(15)16/h4-6,9H,3H2,1-2H3,(H,13,14). The average molecular weight is 255 g/mol. The third-order valence-corrected chi connectivity index (χ3v) is 2.28. The maximum absolute atomic E-state index is 10.9. The molecule has 18 heavy (non-hydrogen) atoms. The highest BCUT2D eigenvalue weighted by Gasteiger charge is 2.23. The summed E-state index contributed by atoms with van der Waals surface area (Å²) in [5, 5.41) is 19.7. The highest BCUT2D eigenvalue weighted by molar-refractivity contribution is 5.73. The predicted octanol–water partition coefficient (Wildman–Crippen LogP) is 1.85. The molecular formula is C11H13NO6. The molecule has 1 aromatic carbocycles. The number of ether oxygens (including phenoxy) is 2. The maximum atomic E-state index is 10.9. The van der Waals surface area contributed by atoms with Crippen molar-refractivity contribution in [2.24, 2.45) is 0 Å². The fraction of sp³-hybridized carbons (Fsp3) is 0.364. The molecule has 7 heteroatoms. The van der Waals surface area contributed by atoms with E-state index >= 15 is 0 Å². The first kappa shape index (κ1) is 13.8. The van der Waals surface area contributed by atoms with Gasteiger partial charge >= 0.3 is 11.7 Å². The summed E-state index contributed by atoms with van der Waals surface area (Å²) >= 11 is 0. The Morgan fingerprint density at radius 3 is 2.67 bits per heavy atom. The van der Waals surface area contributed by atoms with Crippen molar-refractivity contribution in [3.8, 4) is 11.5 Å². The summed E-state index contributed by atoms with van der Waals surface area (Å²) in [5.74, 6) is -0.949. The van der Waals surface area contributed by atoms with Gasteiger partial charge in [0.25, 0.3) is 0 Å². The van der Waals surface area contributed by atoms with Crippen molar-refractivity contribution < 1.29 is 24.3 Å². The normalized spacial score (nSPS) is 11.7. The molecule has 0 saturated carbocycles. The van der Waals surface area contributed by atoms with Crippen LogP contribution < -0.4 is 9.47 Å². The zero-order valence-corrected chi connectivity index (χ0v) is 9.95. The van der Waals surface area contributed by atoms with Gasteiger partial charge < -0.3 is 14.6 Å². The number of aliphatic carboxylic acids is 1. The number of hydrogen-bond acceptors (Lipinski definition) is 5. The number of hydrogen-bond donors (Lipinski definition) is 1. The Labute approximate surface area is 103 Å². The number of rotatable bonds is 6. The Morgan fingerprint density at radius 2 is 2.22 bits per heavy atom. The van der Waals surface area contributed by atoms with E-state index in [0.29, 0.717) is 5.75 Å². The number of nitrogens with zero attached hydrogens (tertiary/aromatic N) is 1. The molecule has 0 fully saturated rings. The van der Waals surface area contributed by atoms with Crippen LogP contribution in [0.15, 0.2) is 18.2 Å². The van der Waals surface area contributed by atoms with E-state index in [9.17, 15) is 14.9 Å². The van der Waals surface area contributed by atoms with Gasteiger partial charge in [-0.2, -0.15) is 0 Å². The van der Waals surface area contributed by atoms with Gasteiger partial charge in [0.1, 0.15) is 5.75 Å². The summed E-state index contributed by atoms with van der Waals surface area (Å²) in [6.07, 6.45) is -0.907. The van der Waals surface area contributed by atoms with Gasteiger partial charge in [-0.15, -0.1) is 0 Å². The van der Waals surface area contributed by atoms with E-state index in [4.69, 9.17) is 14.6 Å². The van der Waals surface area contributed by atoms with Gasteiger partial charge in [0.2, 0.25) is 0 Å². The maximum Gasteiger partial charge on any atom is 0.344 e. The number of carbonyl (C=O) groups is 1. The molecule has 0 heterocycles. The lowest BCUT2D eigenvalue weighted by molar-refractivity contribution is -0.386. The SMILES string of the molecule is CCC(Oc1ccc(OC)cc1[N+](=O)[O-])C(=O)O. The Hall–Kier alpha value is -2.31. The lowest BCUT2D eigenvalue weighted by atomic mass is 10.2. The summed E-state index contributed by atoms with van der Waals surface area (Å²) in [6, 6.07) is 3.98. The molecule has 1 N–H and O–H groups in total. The number of carboxylic acids is 1. The minimum Gasteiger partial charge on any atom is -0.496 e. The van der Waals surface area contributed by atoms with E-state index in [1.54, 1.807) is 6.92 Å². The summed E-state index contributed by atoms with van der Waals surface area (Å²) < 4.78 is 9.98. The number of benzene rings is 1. The van der Waals surface area contributed by atoms with E-state index in [2.05, 4.69) is 0 Å². The van der Waals surface area contributed by atoms with E-state index in [-0.39, 0.29) is 17.9 Å². The monoisotopic (exact) mass is 255 g/mol. The molecule has 1 aromatic rings. The van der Waals surface area contributed by atoms with Gasteiger partial charge in [0.15, 0.2) is 11.9 Å². The van der Waals surface area contributed by atoms with Crippen molar-refractivity contribution in [3.05, 3.63) is 28.3 Å². The second-order valence-corrected chi connectivity index (χ2v) is 3.44. The van der Waals surface area contributed by atoms with Crippen LogP contribution in [-0.4, -0.2) is 29.2 Å². The van der Waals surface area contributed by atoms with Crippen LogP contribution in [0.3, 0.4) is 0 Å². The summed E-state index contributed by atoms with van der Waals surface area (Å²) in [5.41, 5.74) is -0.325. The number of nitro benzene ring substituents is 1. The van der Waals surface area contributed by atoms with Crippen LogP contribution in [0.2, 0.25) is 0 Å². The zero-order chi connectivity index (χ0) is 13.7. The summed E-state index contributed by atoms with van der Waals surface area (Å²) in [4.78, 5) is 21.0. The molecule has 0 bridgehead atoms. The van der Waals surface area contributed by atoms with Crippen LogP contribution in [-0.2, 0) is 4.79 Å². The Kier molecular flexibility index (Phi) is 4.47. The van der Waals surface area contributed by atoms with Crippen molar-refractivity contribution >= 4 is 11.7 Å².